The van der Waals surface area contributed by atoms with Crippen LogP contribution in [-0.4, -0.2) is 49.6 Å². The molecule has 0 saturated carbocycles. The minimum atomic E-state index is -5.08. The number of hydrogen-bond acceptors (Lipinski definition) is 5. The second-order valence-corrected chi connectivity index (χ2v) is 5.55. The van der Waals surface area contributed by atoms with Crippen molar-refractivity contribution in [3.05, 3.63) is 53.9 Å². The van der Waals surface area contributed by atoms with Crippen LogP contribution >= 0.6 is 0 Å². The first kappa shape index (κ1) is 20.8. The Balaban J connectivity index is 0.000000345. The number of carboxylic acids is 1. The molecule has 1 amide bonds. The van der Waals surface area contributed by atoms with Crippen molar-refractivity contribution in [1.29, 1.82) is 0 Å². The number of benzene rings is 1. The highest BCUT2D eigenvalue weighted by Gasteiger charge is 2.38. The SMILES string of the molecule is Cc1cnc(C(=O)NCCc2nc3ccccc3[nH]2)cn1.O=C(O)C(F)(F)F. The molecule has 3 aromatic rings. The van der Waals surface area contributed by atoms with Crippen LogP contribution in [-0.2, 0) is 11.2 Å². The van der Waals surface area contributed by atoms with Crippen LogP contribution in [0, 0.1) is 6.92 Å². The lowest BCUT2D eigenvalue weighted by atomic mass is 10.3. The average molecular weight is 395 g/mol. The quantitative estimate of drug-likeness (QED) is 0.623. The summed E-state index contributed by atoms with van der Waals surface area (Å²) in [6.45, 7) is 2.32. The van der Waals surface area contributed by atoms with Crippen molar-refractivity contribution in [3.8, 4) is 0 Å². The molecular formula is C17H16F3N5O3. The van der Waals surface area contributed by atoms with E-state index in [0.717, 1.165) is 22.6 Å². The molecule has 2 aromatic heterocycles. The molecule has 8 nitrogen and oxygen atoms in total. The molecule has 0 atom stereocenters. The molecule has 0 spiro atoms. The minimum absolute atomic E-state index is 0.224. The smallest absolute Gasteiger partial charge is 0.475 e. The van der Waals surface area contributed by atoms with Gasteiger partial charge in [-0.2, -0.15) is 13.2 Å². The zero-order valence-electron chi connectivity index (χ0n) is 14.6. The van der Waals surface area contributed by atoms with E-state index >= 15 is 0 Å². The van der Waals surface area contributed by atoms with Crippen LogP contribution in [0.15, 0.2) is 36.7 Å². The maximum atomic E-state index is 11.9. The summed E-state index contributed by atoms with van der Waals surface area (Å²) in [6.07, 6.45) is -1.39. The van der Waals surface area contributed by atoms with Crippen LogP contribution in [0.3, 0.4) is 0 Å². The molecule has 0 bridgehead atoms. The monoisotopic (exact) mass is 395 g/mol. The largest absolute Gasteiger partial charge is 0.490 e. The van der Waals surface area contributed by atoms with Crippen LogP contribution in [0.1, 0.15) is 22.0 Å². The first-order valence-corrected chi connectivity index (χ1v) is 7.97. The average Bonchev–Trinajstić information content (AvgIpc) is 3.04. The Morgan fingerprint density at radius 3 is 2.43 bits per heavy atom. The minimum Gasteiger partial charge on any atom is -0.475 e. The number of aromatic amines is 1. The van der Waals surface area contributed by atoms with Gasteiger partial charge in [0.1, 0.15) is 11.5 Å². The highest BCUT2D eigenvalue weighted by atomic mass is 19.4. The Hall–Kier alpha value is -3.50. The number of nitrogens with zero attached hydrogens (tertiary/aromatic N) is 3. The summed E-state index contributed by atoms with van der Waals surface area (Å²) in [4.78, 5) is 36.5. The Kier molecular flexibility index (Phi) is 6.64. The Labute approximate surface area is 156 Å². The van der Waals surface area contributed by atoms with Gasteiger partial charge in [-0.25, -0.2) is 14.8 Å². The number of aromatic nitrogens is 4. The van der Waals surface area contributed by atoms with Crippen LogP contribution in [0.2, 0.25) is 0 Å². The maximum Gasteiger partial charge on any atom is 0.490 e. The number of halogens is 3. The molecule has 0 radical (unpaired) electrons. The van der Waals surface area contributed by atoms with Crippen molar-refractivity contribution >= 4 is 22.9 Å². The number of H-pyrrole nitrogens is 1. The van der Waals surface area contributed by atoms with E-state index in [1.54, 1.807) is 6.20 Å². The van der Waals surface area contributed by atoms with E-state index in [9.17, 15) is 18.0 Å². The Morgan fingerprint density at radius 2 is 1.86 bits per heavy atom. The molecule has 0 saturated heterocycles. The number of carbonyl (C=O) groups is 2. The Morgan fingerprint density at radius 1 is 1.18 bits per heavy atom. The number of fused-ring (bicyclic) bond motifs is 1. The predicted octanol–water partition coefficient (Wildman–Crippen LogP) is 2.27. The summed E-state index contributed by atoms with van der Waals surface area (Å²) in [5.41, 5.74) is 3.05. The van der Waals surface area contributed by atoms with Crippen molar-refractivity contribution in [2.24, 2.45) is 0 Å². The molecular weight excluding hydrogens is 379 g/mol. The topological polar surface area (TPSA) is 121 Å². The van der Waals surface area contributed by atoms with Crippen LogP contribution < -0.4 is 5.32 Å². The van der Waals surface area contributed by atoms with Gasteiger partial charge in [-0.15, -0.1) is 0 Å². The number of carboxylic acid groups (broad SMARTS) is 1. The van der Waals surface area contributed by atoms with Crippen LogP contribution in [0.4, 0.5) is 13.2 Å². The van der Waals surface area contributed by atoms with Crippen molar-refractivity contribution < 1.29 is 27.9 Å². The molecule has 3 rings (SSSR count). The van der Waals surface area contributed by atoms with Gasteiger partial charge in [0.2, 0.25) is 0 Å². The number of hydrogen-bond donors (Lipinski definition) is 3. The van der Waals surface area contributed by atoms with Crippen molar-refractivity contribution in [3.63, 3.8) is 0 Å². The van der Waals surface area contributed by atoms with Gasteiger partial charge in [0.15, 0.2) is 0 Å². The van der Waals surface area contributed by atoms with E-state index in [1.807, 2.05) is 31.2 Å². The van der Waals surface area contributed by atoms with Gasteiger partial charge in [0.25, 0.3) is 5.91 Å². The third-order valence-electron chi connectivity index (χ3n) is 3.34. The second kappa shape index (κ2) is 8.93. The zero-order valence-corrected chi connectivity index (χ0v) is 14.6. The van der Waals surface area contributed by atoms with Gasteiger partial charge < -0.3 is 15.4 Å². The van der Waals surface area contributed by atoms with E-state index in [2.05, 4.69) is 25.3 Å². The van der Waals surface area contributed by atoms with Gasteiger partial charge in [0.05, 0.1) is 22.9 Å². The lowest BCUT2D eigenvalue weighted by molar-refractivity contribution is -0.192. The molecule has 0 aliphatic rings. The number of aryl methyl sites for hydroxylation is 1. The molecule has 28 heavy (non-hydrogen) atoms. The highest BCUT2D eigenvalue weighted by molar-refractivity contribution is 5.91. The molecule has 11 heteroatoms. The molecule has 3 N–H and O–H groups in total. The number of imidazole rings is 1. The highest BCUT2D eigenvalue weighted by Crippen LogP contribution is 2.13. The molecule has 0 aliphatic heterocycles. The van der Waals surface area contributed by atoms with Gasteiger partial charge >= 0.3 is 12.1 Å². The number of amides is 1. The van der Waals surface area contributed by atoms with Gasteiger partial charge in [-0.3, -0.25) is 9.78 Å². The number of alkyl halides is 3. The number of para-hydroxylation sites is 2. The second-order valence-electron chi connectivity index (χ2n) is 5.55. The molecule has 0 fully saturated rings. The van der Waals surface area contributed by atoms with E-state index in [1.165, 1.54) is 6.20 Å². The van der Waals surface area contributed by atoms with E-state index < -0.39 is 12.1 Å². The number of rotatable bonds is 4. The molecule has 1 aromatic carbocycles. The molecule has 0 aliphatic carbocycles. The Bertz CT molecular complexity index is 922. The summed E-state index contributed by atoms with van der Waals surface area (Å²) >= 11 is 0. The van der Waals surface area contributed by atoms with Gasteiger partial charge in [-0.1, -0.05) is 12.1 Å². The summed E-state index contributed by atoms with van der Waals surface area (Å²) in [7, 11) is 0. The number of nitrogens with one attached hydrogen (secondary N) is 2. The van der Waals surface area contributed by atoms with Crippen molar-refractivity contribution in [2.45, 2.75) is 19.5 Å². The third kappa shape index (κ3) is 6.04. The first-order chi connectivity index (χ1) is 13.2. The number of carbonyl (C=O) groups excluding carboxylic acids is 1. The van der Waals surface area contributed by atoms with E-state index in [4.69, 9.17) is 9.90 Å². The summed E-state index contributed by atoms with van der Waals surface area (Å²) in [6, 6.07) is 7.84. The van der Waals surface area contributed by atoms with Gasteiger partial charge in [-0.05, 0) is 19.1 Å². The number of aliphatic carboxylic acids is 1. The van der Waals surface area contributed by atoms with E-state index in [-0.39, 0.29) is 5.91 Å². The third-order valence-corrected chi connectivity index (χ3v) is 3.34. The summed E-state index contributed by atoms with van der Waals surface area (Å²) < 4.78 is 31.7. The normalized spacial score (nSPS) is 10.9. The molecule has 2 heterocycles. The van der Waals surface area contributed by atoms with E-state index in [0.29, 0.717) is 18.7 Å². The lowest BCUT2D eigenvalue weighted by Crippen LogP contribution is -2.26. The lowest BCUT2D eigenvalue weighted by Gasteiger charge is -2.03. The summed E-state index contributed by atoms with van der Waals surface area (Å²) in [5.74, 6) is -2.13. The standard InChI is InChI=1S/C15H15N5O.C2HF3O2/c1-10-8-18-13(9-17-10)15(21)16-7-6-14-19-11-4-2-3-5-12(11)20-14;3-2(4,5)1(6)7/h2-5,8-9H,6-7H2,1H3,(H,16,21)(H,19,20);(H,6,7). The van der Waals surface area contributed by atoms with Crippen molar-refractivity contribution in [1.82, 2.24) is 25.3 Å². The molecule has 148 valence electrons. The maximum absolute atomic E-state index is 11.9. The molecule has 0 unspecified atom stereocenters. The van der Waals surface area contributed by atoms with Crippen LogP contribution in [0.25, 0.3) is 11.0 Å². The fourth-order valence-corrected chi connectivity index (χ4v) is 2.02. The summed E-state index contributed by atoms with van der Waals surface area (Å²) in [5, 5.41) is 9.93. The zero-order chi connectivity index (χ0) is 20.7. The van der Waals surface area contributed by atoms with Crippen molar-refractivity contribution in [2.75, 3.05) is 6.54 Å². The fraction of sp³-hybridized carbons (Fsp3) is 0.235. The van der Waals surface area contributed by atoms with Gasteiger partial charge in [0, 0.05) is 19.2 Å². The first-order valence-electron chi connectivity index (χ1n) is 7.97. The predicted molar refractivity (Wildman–Crippen MR) is 92.6 cm³/mol. The van der Waals surface area contributed by atoms with Crippen LogP contribution in [0.5, 0.6) is 0 Å². The fourth-order valence-electron chi connectivity index (χ4n) is 2.02.